The van der Waals surface area contributed by atoms with Crippen molar-refractivity contribution < 1.29 is 18.7 Å². The molecule has 0 radical (unpaired) electrons. The van der Waals surface area contributed by atoms with Gasteiger partial charge in [-0.25, -0.2) is 8.78 Å². The smallest absolute Gasteiger partial charge is 0.253 e. The normalized spacial score (nSPS) is 11.9. The van der Waals surface area contributed by atoms with Crippen LogP contribution in [-0.4, -0.2) is 22.5 Å². The van der Waals surface area contributed by atoms with Gasteiger partial charge >= 0.3 is 0 Å². The van der Waals surface area contributed by atoms with Crippen molar-refractivity contribution in [3.8, 4) is 11.3 Å². The number of carbonyl (C=O) groups excluding carboxylic acids is 1. The molecule has 0 fully saturated rings. The van der Waals surface area contributed by atoms with Gasteiger partial charge in [0.25, 0.3) is 5.91 Å². The summed E-state index contributed by atoms with van der Waals surface area (Å²) in [6, 6.07) is 14.2. The van der Waals surface area contributed by atoms with Gasteiger partial charge in [-0.3, -0.25) is 9.78 Å². The van der Waals surface area contributed by atoms with E-state index in [4.69, 9.17) is 0 Å². The zero-order valence-electron chi connectivity index (χ0n) is 14.9. The molecule has 2 aromatic carbocycles. The molecule has 1 aromatic heterocycles. The van der Waals surface area contributed by atoms with Gasteiger partial charge in [0, 0.05) is 16.6 Å². The molecule has 7 heteroatoms. The van der Waals surface area contributed by atoms with E-state index in [-0.39, 0.29) is 12.1 Å². The highest BCUT2D eigenvalue weighted by Crippen LogP contribution is 2.22. The van der Waals surface area contributed by atoms with E-state index in [9.17, 15) is 18.7 Å². The van der Waals surface area contributed by atoms with E-state index in [1.807, 2.05) is 24.3 Å². The number of hydrogen-bond donors (Lipinski definition) is 2. The average molecular weight is 447 g/mol. The predicted octanol–water partition coefficient (Wildman–Crippen LogP) is 4.56. The Morgan fingerprint density at radius 1 is 1.14 bits per heavy atom. The van der Waals surface area contributed by atoms with E-state index < -0.39 is 23.6 Å². The van der Waals surface area contributed by atoms with Gasteiger partial charge in [0.15, 0.2) is 11.6 Å². The first kappa shape index (κ1) is 20.1. The van der Waals surface area contributed by atoms with Crippen LogP contribution in [0.1, 0.15) is 27.7 Å². The van der Waals surface area contributed by atoms with Crippen LogP contribution in [0.2, 0.25) is 0 Å². The lowest BCUT2D eigenvalue weighted by atomic mass is 10.1. The maximum absolute atomic E-state index is 13.3. The summed E-state index contributed by atoms with van der Waals surface area (Å²) in [6.45, 7) is 1.58. The Balaban J connectivity index is 1.69. The van der Waals surface area contributed by atoms with Gasteiger partial charge in [0.05, 0.1) is 23.1 Å². The number of aliphatic hydroxyl groups is 1. The number of pyridine rings is 1. The van der Waals surface area contributed by atoms with Crippen LogP contribution in [0.3, 0.4) is 0 Å². The highest BCUT2D eigenvalue weighted by atomic mass is 79.9. The summed E-state index contributed by atoms with van der Waals surface area (Å²) in [5.41, 5.74) is 2.74. The molecule has 1 atom stereocenters. The molecule has 0 aliphatic rings. The minimum Gasteiger partial charge on any atom is -0.387 e. The van der Waals surface area contributed by atoms with E-state index in [0.29, 0.717) is 11.3 Å². The summed E-state index contributed by atoms with van der Waals surface area (Å²) < 4.78 is 27.2. The van der Waals surface area contributed by atoms with Gasteiger partial charge in [-0.2, -0.15) is 0 Å². The number of aliphatic hydroxyl groups excluding tert-OH is 1. The van der Waals surface area contributed by atoms with Gasteiger partial charge in [-0.15, -0.1) is 0 Å². The summed E-state index contributed by atoms with van der Waals surface area (Å²) in [5, 5.41) is 12.7. The molecule has 2 N–H and O–H groups in total. The minimum atomic E-state index is -1.16. The van der Waals surface area contributed by atoms with Crippen LogP contribution in [0, 0.1) is 18.6 Å². The predicted molar refractivity (Wildman–Crippen MR) is 106 cm³/mol. The number of rotatable bonds is 5. The van der Waals surface area contributed by atoms with Crippen molar-refractivity contribution >= 4 is 21.8 Å². The standard InChI is InChI=1S/C21H17BrF2N2O2/c1-12-16(6-8-19(26-12)13-3-2-4-15(22)9-13)21(28)25-11-20(27)14-5-7-17(23)18(24)10-14/h2-10,20,27H,11H2,1H3,(H,25,28)/t20-/m0/s1. The van der Waals surface area contributed by atoms with Crippen LogP contribution < -0.4 is 5.32 Å². The van der Waals surface area contributed by atoms with E-state index in [1.54, 1.807) is 19.1 Å². The minimum absolute atomic E-state index is 0.142. The lowest BCUT2D eigenvalue weighted by molar-refractivity contribution is 0.0915. The second-order valence-electron chi connectivity index (χ2n) is 6.24. The first-order chi connectivity index (χ1) is 13.3. The summed E-state index contributed by atoms with van der Waals surface area (Å²) in [5.74, 6) is -2.45. The largest absolute Gasteiger partial charge is 0.387 e. The molecule has 0 saturated heterocycles. The third kappa shape index (κ3) is 4.61. The Morgan fingerprint density at radius 3 is 2.61 bits per heavy atom. The molecule has 0 bridgehead atoms. The molecule has 1 amide bonds. The molecule has 3 aromatic rings. The third-order valence-electron chi connectivity index (χ3n) is 4.24. The van der Waals surface area contributed by atoms with E-state index in [0.717, 1.165) is 27.9 Å². The SMILES string of the molecule is Cc1nc(-c2cccc(Br)c2)ccc1C(=O)NC[C@H](O)c1ccc(F)c(F)c1. The van der Waals surface area contributed by atoms with Crippen molar-refractivity contribution in [3.63, 3.8) is 0 Å². The fraction of sp³-hybridized carbons (Fsp3) is 0.143. The maximum atomic E-state index is 13.3. The van der Waals surface area contributed by atoms with Crippen molar-refractivity contribution in [2.75, 3.05) is 6.54 Å². The number of amides is 1. The van der Waals surface area contributed by atoms with Crippen LogP contribution in [-0.2, 0) is 0 Å². The Bertz CT molecular complexity index is 1030. The van der Waals surface area contributed by atoms with E-state index in [2.05, 4.69) is 26.2 Å². The number of carbonyl (C=O) groups is 1. The zero-order chi connectivity index (χ0) is 20.3. The van der Waals surface area contributed by atoms with Crippen molar-refractivity contribution in [2.24, 2.45) is 0 Å². The number of hydrogen-bond acceptors (Lipinski definition) is 3. The highest BCUT2D eigenvalue weighted by molar-refractivity contribution is 9.10. The molecular formula is C21H17BrF2N2O2. The highest BCUT2D eigenvalue weighted by Gasteiger charge is 2.15. The molecule has 0 unspecified atom stereocenters. The first-order valence-corrected chi connectivity index (χ1v) is 9.29. The summed E-state index contributed by atoms with van der Waals surface area (Å²) in [4.78, 5) is 16.9. The zero-order valence-corrected chi connectivity index (χ0v) is 16.5. The number of benzene rings is 2. The second-order valence-corrected chi connectivity index (χ2v) is 7.15. The summed E-state index contributed by atoms with van der Waals surface area (Å²) >= 11 is 3.42. The molecule has 0 spiro atoms. The van der Waals surface area contributed by atoms with Crippen LogP contribution in [0.4, 0.5) is 8.78 Å². The maximum Gasteiger partial charge on any atom is 0.253 e. The molecule has 0 saturated carbocycles. The Labute approximate surface area is 169 Å². The van der Waals surface area contributed by atoms with Crippen molar-refractivity contribution in [1.82, 2.24) is 10.3 Å². The Morgan fingerprint density at radius 2 is 1.93 bits per heavy atom. The fourth-order valence-electron chi connectivity index (χ4n) is 2.73. The van der Waals surface area contributed by atoms with Gasteiger partial charge in [-0.1, -0.05) is 34.1 Å². The number of nitrogens with zero attached hydrogens (tertiary/aromatic N) is 1. The van der Waals surface area contributed by atoms with Crippen LogP contribution in [0.5, 0.6) is 0 Å². The van der Waals surface area contributed by atoms with Gasteiger partial charge in [0.1, 0.15) is 0 Å². The van der Waals surface area contributed by atoms with Crippen molar-refractivity contribution in [1.29, 1.82) is 0 Å². The average Bonchev–Trinajstić information content (AvgIpc) is 2.68. The second kappa shape index (κ2) is 8.58. The molecule has 1 heterocycles. The Kier molecular flexibility index (Phi) is 6.16. The number of aromatic nitrogens is 1. The first-order valence-electron chi connectivity index (χ1n) is 8.50. The molecule has 0 aliphatic carbocycles. The molecule has 4 nitrogen and oxygen atoms in total. The molecule has 28 heavy (non-hydrogen) atoms. The summed E-state index contributed by atoms with van der Waals surface area (Å²) in [7, 11) is 0. The van der Waals surface area contributed by atoms with E-state index in [1.165, 1.54) is 6.07 Å². The number of aryl methyl sites for hydroxylation is 1. The van der Waals surface area contributed by atoms with Gasteiger partial charge < -0.3 is 10.4 Å². The molecule has 3 rings (SSSR count). The van der Waals surface area contributed by atoms with Crippen LogP contribution in [0.25, 0.3) is 11.3 Å². The van der Waals surface area contributed by atoms with Crippen molar-refractivity contribution in [3.05, 3.63) is 87.5 Å². The molecular weight excluding hydrogens is 430 g/mol. The van der Waals surface area contributed by atoms with Gasteiger partial charge in [-0.05, 0) is 48.9 Å². The third-order valence-corrected chi connectivity index (χ3v) is 4.73. The lowest BCUT2D eigenvalue weighted by Gasteiger charge is -2.14. The molecule has 144 valence electrons. The number of nitrogens with one attached hydrogen (secondary N) is 1. The van der Waals surface area contributed by atoms with Crippen LogP contribution in [0.15, 0.2) is 59.1 Å². The summed E-state index contributed by atoms with van der Waals surface area (Å²) in [6.07, 6.45) is -1.16. The van der Waals surface area contributed by atoms with Gasteiger partial charge in [0.2, 0.25) is 0 Å². The lowest BCUT2D eigenvalue weighted by Crippen LogP contribution is -2.29. The van der Waals surface area contributed by atoms with E-state index >= 15 is 0 Å². The Hall–Kier alpha value is -2.64. The van der Waals surface area contributed by atoms with Crippen LogP contribution >= 0.6 is 15.9 Å². The quantitative estimate of drug-likeness (QED) is 0.603. The topological polar surface area (TPSA) is 62.2 Å². The number of halogens is 3. The monoisotopic (exact) mass is 446 g/mol. The molecule has 0 aliphatic heterocycles. The fourth-order valence-corrected chi connectivity index (χ4v) is 3.13. The van der Waals surface area contributed by atoms with Crippen molar-refractivity contribution in [2.45, 2.75) is 13.0 Å².